The Morgan fingerprint density at radius 3 is 2.78 bits per heavy atom. The van der Waals surface area contributed by atoms with E-state index in [-0.39, 0.29) is 24.4 Å². The number of amides is 2. The fourth-order valence-corrected chi connectivity index (χ4v) is 3.94. The summed E-state index contributed by atoms with van der Waals surface area (Å²) in [4.78, 5) is 25.8. The minimum absolute atomic E-state index is 0.0500. The Morgan fingerprint density at radius 1 is 1.26 bits per heavy atom. The first-order chi connectivity index (χ1) is 13.2. The van der Waals surface area contributed by atoms with Crippen molar-refractivity contribution >= 4 is 11.8 Å². The molecule has 2 aromatic rings. The van der Waals surface area contributed by atoms with Crippen molar-refractivity contribution < 1.29 is 14.3 Å². The summed E-state index contributed by atoms with van der Waals surface area (Å²) in [6, 6.07) is 7.74. The zero-order valence-corrected chi connectivity index (χ0v) is 15.5. The van der Waals surface area contributed by atoms with Crippen LogP contribution in [0.5, 0.6) is 5.75 Å². The van der Waals surface area contributed by atoms with Gasteiger partial charge in [0.05, 0.1) is 31.6 Å². The highest BCUT2D eigenvalue weighted by Gasteiger charge is 2.28. The number of hydrogen-bond donors (Lipinski definition) is 1. The van der Waals surface area contributed by atoms with Crippen LogP contribution in [0.15, 0.2) is 30.5 Å². The number of ether oxygens (including phenoxy) is 1. The number of nitrogens with zero attached hydrogens (tertiary/aromatic N) is 3. The Labute approximate surface area is 158 Å². The molecular formula is C20H24N4O3. The highest BCUT2D eigenvalue weighted by atomic mass is 16.5. The maximum atomic E-state index is 12.4. The quantitative estimate of drug-likeness (QED) is 0.876. The first-order valence-corrected chi connectivity index (χ1v) is 9.44. The van der Waals surface area contributed by atoms with E-state index in [1.54, 1.807) is 12.0 Å². The van der Waals surface area contributed by atoms with Gasteiger partial charge in [-0.05, 0) is 49.9 Å². The molecule has 27 heavy (non-hydrogen) atoms. The summed E-state index contributed by atoms with van der Waals surface area (Å²) in [5.74, 6) is 0.781. The number of carbonyl (C=O) groups is 2. The summed E-state index contributed by atoms with van der Waals surface area (Å²) in [5, 5.41) is 7.66. The summed E-state index contributed by atoms with van der Waals surface area (Å²) in [6.07, 6.45) is 6.05. The normalized spacial score (nSPS) is 19.1. The van der Waals surface area contributed by atoms with Crippen molar-refractivity contribution in [1.82, 2.24) is 20.0 Å². The minimum Gasteiger partial charge on any atom is -0.497 e. The van der Waals surface area contributed by atoms with Gasteiger partial charge in [0.1, 0.15) is 5.75 Å². The topological polar surface area (TPSA) is 76.5 Å². The average molecular weight is 368 g/mol. The fourth-order valence-electron chi connectivity index (χ4n) is 3.94. The Hall–Kier alpha value is -2.83. The van der Waals surface area contributed by atoms with E-state index in [4.69, 9.17) is 4.74 Å². The molecule has 0 radical (unpaired) electrons. The van der Waals surface area contributed by atoms with Crippen LogP contribution in [0.3, 0.4) is 0 Å². The van der Waals surface area contributed by atoms with Crippen molar-refractivity contribution in [3.63, 3.8) is 0 Å². The molecule has 0 saturated carbocycles. The van der Waals surface area contributed by atoms with Crippen molar-refractivity contribution in [3.8, 4) is 11.4 Å². The maximum absolute atomic E-state index is 12.4. The predicted octanol–water partition coefficient (Wildman–Crippen LogP) is 2.00. The molecule has 7 nitrogen and oxygen atoms in total. The Kier molecular flexibility index (Phi) is 4.83. The molecule has 0 spiro atoms. The number of aromatic nitrogens is 2. The van der Waals surface area contributed by atoms with Crippen molar-refractivity contribution in [1.29, 1.82) is 0 Å². The van der Waals surface area contributed by atoms with Gasteiger partial charge in [-0.2, -0.15) is 5.10 Å². The monoisotopic (exact) mass is 368 g/mol. The Bertz CT molecular complexity index is 843. The summed E-state index contributed by atoms with van der Waals surface area (Å²) in [7, 11) is 1.65. The molecular weight excluding hydrogens is 344 g/mol. The number of rotatable bonds is 5. The molecule has 1 saturated heterocycles. The van der Waals surface area contributed by atoms with Gasteiger partial charge in [0.25, 0.3) is 0 Å². The molecule has 7 heteroatoms. The molecule has 1 aliphatic carbocycles. The second kappa shape index (κ2) is 7.42. The molecule has 1 N–H and O–H groups in total. The van der Waals surface area contributed by atoms with Gasteiger partial charge >= 0.3 is 0 Å². The van der Waals surface area contributed by atoms with Gasteiger partial charge in [-0.15, -0.1) is 0 Å². The molecule has 142 valence electrons. The Balaban J connectivity index is 1.49. The maximum Gasteiger partial charge on any atom is 0.240 e. The predicted molar refractivity (Wildman–Crippen MR) is 99.8 cm³/mol. The summed E-state index contributed by atoms with van der Waals surface area (Å²) in [6.45, 7) is 0.828. The zero-order chi connectivity index (χ0) is 18.8. The van der Waals surface area contributed by atoms with Crippen LogP contribution in [0.4, 0.5) is 0 Å². The van der Waals surface area contributed by atoms with E-state index in [9.17, 15) is 9.59 Å². The number of benzene rings is 1. The highest BCUT2D eigenvalue weighted by Crippen LogP contribution is 2.31. The van der Waals surface area contributed by atoms with Crippen molar-refractivity contribution in [2.24, 2.45) is 0 Å². The third-order valence-corrected chi connectivity index (χ3v) is 5.34. The lowest BCUT2D eigenvalue weighted by atomic mass is 9.93. The second-order valence-electron chi connectivity index (χ2n) is 7.09. The van der Waals surface area contributed by atoms with E-state index in [1.807, 2.05) is 35.1 Å². The molecule has 1 aromatic heterocycles. The van der Waals surface area contributed by atoms with E-state index < -0.39 is 0 Å². The van der Waals surface area contributed by atoms with Crippen LogP contribution >= 0.6 is 0 Å². The number of carbonyl (C=O) groups excluding carboxylic acids is 2. The number of fused-ring (bicyclic) bond motifs is 1. The number of hydrogen-bond acceptors (Lipinski definition) is 4. The van der Waals surface area contributed by atoms with E-state index in [0.717, 1.165) is 48.4 Å². The van der Waals surface area contributed by atoms with Crippen LogP contribution in [-0.4, -0.2) is 46.7 Å². The van der Waals surface area contributed by atoms with Crippen LogP contribution in [0.2, 0.25) is 0 Å². The van der Waals surface area contributed by atoms with Gasteiger partial charge in [-0.3, -0.25) is 9.59 Å². The van der Waals surface area contributed by atoms with Crippen LogP contribution < -0.4 is 10.1 Å². The molecule has 0 unspecified atom stereocenters. The van der Waals surface area contributed by atoms with Crippen molar-refractivity contribution in [2.75, 3.05) is 20.2 Å². The van der Waals surface area contributed by atoms with Crippen LogP contribution in [0.1, 0.15) is 43.0 Å². The molecule has 0 bridgehead atoms. The number of nitrogens with one attached hydrogen (secondary N) is 1. The third-order valence-electron chi connectivity index (χ3n) is 5.34. The highest BCUT2D eigenvalue weighted by molar-refractivity contribution is 5.86. The molecule has 1 fully saturated rings. The van der Waals surface area contributed by atoms with E-state index in [2.05, 4.69) is 10.4 Å². The van der Waals surface area contributed by atoms with Crippen molar-refractivity contribution in [2.45, 2.75) is 38.1 Å². The molecule has 2 aliphatic rings. The smallest absolute Gasteiger partial charge is 0.240 e. The van der Waals surface area contributed by atoms with Gasteiger partial charge < -0.3 is 15.0 Å². The average Bonchev–Trinajstić information content (AvgIpc) is 3.29. The van der Waals surface area contributed by atoms with Gasteiger partial charge in [0.2, 0.25) is 11.8 Å². The Morgan fingerprint density at radius 2 is 2.07 bits per heavy atom. The summed E-state index contributed by atoms with van der Waals surface area (Å²) in [5.41, 5.74) is 3.18. The summed E-state index contributed by atoms with van der Waals surface area (Å²) < 4.78 is 7.16. The summed E-state index contributed by atoms with van der Waals surface area (Å²) >= 11 is 0. The molecule has 2 heterocycles. The van der Waals surface area contributed by atoms with Crippen LogP contribution in [0, 0.1) is 0 Å². The first kappa shape index (κ1) is 17.6. The van der Waals surface area contributed by atoms with Crippen LogP contribution in [0.25, 0.3) is 5.69 Å². The van der Waals surface area contributed by atoms with E-state index in [0.29, 0.717) is 13.0 Å². The first-order valence-electron chi connectivity index (χ1n) is 9.44. The third kappa shape index (κ3) is 3.54. The van der Waals surface area contributed by atoms with Gasteiger partial charge in [-0.1, -0.05) is 0 Å². The molecule has 2 amide bonds. The molecule has 4 rings (SSSR count). The van der Waals surface area contributed by atoms with Gasteiger partial charge in [-0.25, -0.2) is 4.68 Å². The van der Waals surface area contributed by atoms with E-state index >= 15 is 0 Å². The molecule has 1 aliphatic heterocycles. The zero-order valence-electron chi connectivity index (χ0n) is 15.5. The molecule has 1 atom stereocenters. The second-order valence-corrected chi connectivity index (χ2v) is 7.09. The minimum atomic E-state index is -0.0969. The lowest BCUT2D eigenvalue weighted by Crippen LogP contribution is -2.40. The molecule has 1 aromatic carbocycles. The largest absolute Gasteiger partial charge is 0.497 e. The fraction of sp³-hybridized carbons (Fsp3) is 0.450. The van der Waals surface area contributed by atoms with E-state index in [1.165, 1.54) is 0 Å². The van der Waals surface area contributed by atoms with Crippen molar-refractivity contribution in [3.05, 3.63) is 41.7 Å². The van der Waals surface area contributed by atoms with Gasteiger partial charge in [0, 0.05) is 24.2 Å². The lowest BCUT2D eigenvalue weighted by molar-refractivity contribution is -0.133. The SMILES string of the molecule is COc1ccc(-n2ncc3c2CCC[C@H]3NC(=O)CN2CCCC2=O)cc1. The van der Waals surface area contributed by atoms with Crippen LogP contribution in [-0.2, 0) is 16.0 Å². The standard InChI is InChI=1S/C20H24N4O3/c1-27-15-9-7-14(8-10-15)24-18-5-2-4-17(16(18)12-21-24)22-19(25)13-23-11-3-6-20(23)26/h7-10,12,17H,2-6,11,13H2,1H3,(H,22,25)/t17-/m1/s1. The van der Waals surface area contributed by atoms with Gasteiger partial charge in [0.15, 0.2) is 0 Å². The lowest BCUT2D eigenvalue weighted by Gasteiger charge is -2.25. The number of likely N-dealkylation sites (tertiary alicyclic amines) is 1. The number of methoxy groups -OCH3 is 1.